The van der Waals surface area contributed by atoms with Crippen LogP contribution in [0.5, 0.6) is 0 Å². The summed E-state index contributed by atoms with van der Waals surface area (Å²) in [4.78, 5) is 24.5. The number of nitrogens with two attached hydrogens (primary N) is 1. The highest BCUT2D eigenvalue weighted by molar-refractivity contribution is 6.30. The van der Waals surface area contributed by atoms with Crippen LogP contribution in [0, 0.1) is 28.4 Å². The number of benzene rings is 2. The van der Waals surface area contributed by atoms with Gasteiger partial charge in [-0.1, -0.05) is 56.6 Å². The van der Waals surface area contributed by atoms with Crippen molar-refractivity contribution in [2.24, 2.45) is 11.1 Å². The molecule has 7 nitrogen and oxygen atoms in total. The number of hydrogen-bond acceptors (Lipinski definition) is 6. The average Bonchev–Trinajstić information content (AvgIpc) is 3.12. The van der Waals surface area contributed by atoms with Gasteiger partial charge in [0.25, 0.3) is 0 Å². The fraction of sp³-hybridized carbons (Fsp3) is 0.444. The predicted molar refractivity (Wildman–Crippen MR) is 133 cm³/mol. The predicted octanol–water partition coefficient (Wildman–Crippen LogP) is 3.72. The molecule has 0 saturated carbocycles. The van der Waals surface area contributed by atoms with Gasteiger partial charge in [0.15, 0.2) is 0 Å². The first-order chi connectivity index (χ1) is 17.3. The Hall–Kier alpha value is -3.06. The van der Waals surface area contributed by atoms with E-state index in [4.69, 9.17) is 22.1 Å². The topological polar surface area (TPSA) is 125 Å². The Morgan fingerprint density at radius 1 is 1.24 bits per heavy atom. The molecular weight excluding hydrogens is 504 g/mol. The van der Waals surface area contributed by atoms with Gasteiger partial charge in [0.05, 0.1) is 23.6 Å². The van der Waals surface area contributed by atoms with Crippen molar-refractivity contribution in [2.45, 2.75) is 63.1 Å². The number of rotatable bonds is 8. The Balaban J connectivity index is 2.18. The van der Waals surface area contributed by atoms with Gasteiger partial charge in [-0.2, -0.15) is 5.26 Å². The maximum absolute atomic E-state index is 15.5. The van der Waals surface area contributed by atoms with Crippen molar-refractivity contribution >= 4 is 23.5 Å². The Kier molecular flexibility index (Phi) is 8.58. The third-order valence-corrected chi connectivity index (χ3v) is 6.79. The standard InChI is InChI=1S/C27H30ClF2N3O4/c1-26(2,3)12-20-27(14-31,15-7-9-16(29)10-8-15)22(18-5-4-6-19(28)23(18)30)24(33-20)25(36)37-13-17(34)11-21(32)35/h4-10,17,20,22,24,33-34H,11-13H2,1-3H3,(H2,32,35)/t17-,20-,22-,24+,27-/m0/s1. The molecule has 1 amide bonds. The molecule has 0 spiro atoms. The summed E-state index contributed by atoms with van der Waals surface area (Å²) in [6.07, 6.45) is -1.35. The molecule has 0 aromatic heterocycles. The van der Waals surface area contributed by atoms with E-state index in [1.54, 1.807) is 0 Å². The largest absolute Gasteiger partial charge is 0.462 e. The number of halogens is 3. The van der Waals surface area contributed by atoms with E-state index in [1.165, 1.54) is 42.5 Å². The normalized spacial score (nSPS) is 24.3. The maximum atomic E-state index is 15.5. The molecule has 5 atom stereocenters. The van der Waals surface area contributed by atoms with Crippen LogP contribution in [-0.2, 0) is 19.7 Å². The van der Waals surface area contributed by atoms with Gasteiger partial charge < -0.3 is 15.6 Å². The van der Waals surface area contributed by atoms with E-state index in [1.807, 2.05) is 20.8 Å². The van der Waals surface area contributed by atoms with Crippen molar-refractivity contribution in [1.82, 2.24) is 5.32 Å². The van der Waals surface area contributed by atoms with Crippen LogP contribution in [0.2, 0.25) is 5.02 Å². The number of hydrogen-bond donors (Lipinski definition) is 3. The van der Waals surface area contributed by atoms with Crippen molar-refractivity contribution in [3.05, 3.63) is 70.2 Å². The van der Waals surface area contributed by atoms with Gasteiger partial charge in [0.2, 0.25) is 5.91 Å². The molecule has 0 aliphatic carbocycles. The lowest BCUT2D eigenvalue weighted by Crippen LogP contribution is -2.44. The average molecular weight is 534 g/mol. The fourth-order valence-electron chi connectivity index (χ4n) is 5.02. The molecule has 10 heteroatoms. The molecule has 0 radical (unpaired) electrons. The summed E-state index contributed by atoms with van der Waals surface area (Å²) in [5, 5.41) is 23.7. The lowest BCUT2D eigenvalue weighted by molar-refractivity contribution is -0.150. The smallest absolute Gasteiger partial charge is 0.323 e. The number of esters is 1. The molecule has 198 valence electrons. The van der Waals surface area contributed by atoms with Crippen LogP contribution >= 0.6 is 11.6 Å². The van der Waals surface area contributed by atoms with Crippen LogP contribution in [0.1, 0.15) is 50.7 Å². The van der Waals surface area contributed by atoms with Crippen LogP contribution in [0.25, 0.3) is 0 Å². The minimum absolute atomic E-state index is 0.0157. The van der Waals surface area contributed by atoms with Gasteiger partial charge in [0, 0.05) is 12.0 Å². The molecular formula is C27H30ClF2N3O4. The summed E-state index contributed by atoms with van der Waals surface area (Å²) < 4.78 is 34.7. The molecule has 1 saturated heterocycles. The van der Waals surface area contributed by atoms with Gasteiger partial charge in [0.1, 0.15) is 29.7 Å². The quantitative estimate of drug-likeness (QED) is 0.444. The fourth-order valence-corrected chi connectivity index (χ4v) is 5.21. The molecule has 1 aliphatic rings. The van der Waals surface area contributed by atoms with Gasteiger partial charge in [-0.15, -0.1) is 0 Å². The van der Waals surface area contributed by atoms with E-state index in [-0.39, 0.29) is 16.0 Å². The molecule has 1 aliphatic heterocycles. The molecule has 4 N–H and O–H groups in total. The molecule has 37 heavy (non-hydrogen) atoms. The molecule has 1 heterocycles. The monoisotopic (exact) mass is 533 g/mol. The van der Waals surface area contributed by atoms with E-state index in [2.05, 4.69) is 11.4 Å². The zero-order chi connectivity index (χ0) is 27.5. The van der Waals surface area contributed by atoms with E-state index >= 15 is 4.39 Å². The summed E-state index contributed by atoms with van der Waals surface area (Å²) in [5.74, 6) is -4.06. The first-order valence-corrected chi connectivity index (χ1v) is 12.2. The van der Waals surface area contributed by atoms with Gasteiger partial charge >= 0.3 is 5.97 Å². The summed E-state index contributed by atoms with van der Waals surface area (Å²) >= 11 is 6.10. The van der Waals surface area contributed by atoms with E-state index in [0.717, 1.165) is 0 Å². The lowest BCUT2D eigenvalue weighted by atomic mass is 9.63. The number of carbonyl (C=O) groups excluding carboxylic acids is 2. The third-order valence-electron chi connectivity index (χ3n) is 6.50. The SMILES string of the molecule is CC(C)(C)C[C@@H]1N[C@@H](C(=O)OC[C@@H](O)CC(N)=O)[C@H](c2cccc(Cl)c2F)[C@@]1(C#N)c1ccc(F)cc1. The van der Waals surface area contributed by atoms with Gasteiger partial charge in [-0.3, -0.25) is 14.9 Å². The molecule has 3 rings (SSSR count). The summed E-state index contributed by atoms with van der Waals surface area (Å²) in [6.45, 7) is 5.36. The van der Waals surface area contributed by atoms with Crippen molar-refractivity contribution in [3.8, 4) is 6.07 Å². The van der Waals surface area contributed by atoms with Crippen molar-refractivity contribution in [2.75, 3.05) is 6.61 Å². The van der Waals surface area contributed by atoms with Crippen LogP contribution in [0.15, 0.2) is 42.5 Å². The minimum Gasteiger partial charge on any atom is -0.462 e. The zero-order valence-corrected chi connectivity index (χ0v) is 21.6. The molecule has 1 fully saturated rings. The van der Waals surface area contributed by atoms with E-state index < -0.39 is 66.1 Å². The first-order valence-electron chi connectivity index (χ1n) is 11.8. The zero-order valence-electron chi connectivity index (χ0n) is 20.8. The highest BCUT2D eigenvalue weighted by Crippen LogP contribution is 2.52. The Labute approximate surface area is 219 Å². The molecule has 2 aromatic rings. The third kappa shape index (κ3) is 6.09. The van der Waals surface area contributed by atoms with Crippen molar-refractivity contribution < 1.29 is 28.2 Å². The van der Waals surface area contributed by atoms with Crippen molar-refractivity contribution in [3.63, 3.8) is 0 Å². The van der Waals surface area contributed by atoms with Crippen LogP contribution in [-0.4, -0.2) is 41.8 Å². The summed E-state index contributed by atoms with van der Waals surface area (Å²) in [5.41, 5.74) is 3.65. The van der Waals surface area contributed by atoms with Gasteiger partial charge in [-0.05, 0) is 41.2 Å². The number of primary amides is 1. The second-order valence-electron chi connectivity index (χ2n) is 10.5. The number of nitrogens with zero attached hydrogens (tertiary/aromatic N) is 1. The maximum Gasteiger partial charge on any atom is 0.323 e. The second kappa shape index (κ2) is 11.1. The Bertz CT molecular complexity index is 1200. The van der Waals surface area contributed by atoms with Crippen LogP contribution in [0.3, 0.4) is 0 Å². The number of ether oxygens (including phenoxy) is 1. The molecule has 0 unspecified atom stereocenters. The van der Waals surface area contributed by atoms with E-state index in [9.17, 15) is 24.3 Å². The number of carbonyl (C=O) groups is 2. The highest BCUT2D eigenvalue weighted by Gasteiger charge is 2.60. The highest BCUT2D eigenvalue weighted by atomic mass is 35.5. The number of aliphatic hydroxyl groups is 1. The Morgan fingerprint density at radius 2 is 1.89 bits per heavy atom. The van der Waals surface area contributed by atoms with Crippen molar-refractivity contribution in [1.29, 1.82) is 5.26 Å². The number of aliphatic hydroxyl groups excluding tert-OH is 1. The van der Waals surface area contributed by atoms with E-state index in [0.29, 0.717) is 12.0 Å². The molecule has 2 aromatic carbocycles. The van der Waals surface area contributed by atoms with Gasteiger partial charge in [-0.25, -0.2) is 8.78 Å². The number of amides is 1. The summed E-state index contributed by atoms with van der Waals surface area (Å²) in [6, 6.07) is 10.1. The minimum atomic E-state index is -1.53. The van der Waals surface area contributed by atoms with Crippen LogP contribution < -0.4 is 11.1 Å². The Morgan fingerprint density at radius 3 is 2.46 bits per heavy atom. The second-order valence-corrected chi connectivity index (χ2v) is 10.9. The summed E-state index contributed by atoms with van der Waals surface area (Å²) in [7, 11) is 0. The van der Waals surface area contributed by atoms with Crippen LogP contribution in [0.4, 0.5) is 8.78 Å². The lowest BCUT2D eigenvalue weighted by Gasteiger charge is -2.37. The number of nitriles is 1. The molecule has 0 bridgehead atoms. The number of nitrogens with one attached hydrogen (secondary N) is 1. The first kappa shape index (κ1) is 28.5.